The topological polar surface area (TPSA) is 137 Å². The van der Waals surface area contributed by atoms with Crippen molar-refractivity contribution in [1.29, 1.82) is 0 Å². The molecule has 5 aliphatic rings. The number of fused-ring (bicyclic) bond motifs is 4. The molecule has 4 N–H and O–H groups in total. The molecule has 9 heteroatoms. The minimum absolute atomic E-state index is 0.0476. The smallest absolute Gasteiger partial charge is 0.393 e. The van der Waals surface area contributed by atoms with E-state index in [-0.39, 0.29) is 46.5 Å². The van der Waals surface area contributed by atoms with E-state index in [4.69, 9.17) is 8.92 Å². The van der Waals surface area contributed by atoms with Crippen LogP contribution in [0.4, 0.5) is 0 Å². The zero-order valence-electron chi connectivity index (χ0n) is 22.8. The molecule has 5 fully saturated rings. The first-order chi connectivity index (χ1) is 17.1. The van der Waals surface area contributed by atoms with Gasteiger partial charge in [0.2, 0.25) is 0 Å². The highest BCUT2D eigenvalue weighted by Gasteiger charge is 2.80. The average molecular weight is 543 g/mol. The predicted molar refractivity (Wildman–Crippen MR) is 138 cm³/mol. The van der Waals surface area contributed by atoms with Gasteiger partial charge in [0.15, 0.2) is 0 Å². The molecule has 0 radical (unpaired) electrons. The molecular weight excluding hydrogens is 496 g/mol. The quantitative estimate of drug-likeness (QED) is 0.218. The molecule has 1 heterocycles. The summed E-state index contributed by atoms with van der Waals surface area (Å²) in [5, 5.41) is 33.6. The van der Waals surface area contributed by atoms with Gasteiger partial charge in [-0.2, -0.15) is 8.42 Å². The first-order valence-corrected chi connectivity index (χ1v) is 15.5. The van der Waals surface area contributed by atoms with E-state index in [9.17, 15) is 28.3 Å². The molecule has 8 nitrogen and oxygen atoms in total. The van der Waals surface area contributed by atoms with Gasteiger partial charge in [0, 0.05) is 5.41 Å². The summed E-state index contributed by atoms with van der Waals surface area (Å²) in [6.07, 6.45) is 1.64. The lowest BCUT2D eigenvalue weighted by Crippen LogP contribution is -2.65. The third-order valence-electron chi connectivity index (χ3n) is 11.9. The average Bonchev–Trinajstić information content (AvgIpc) is 3.46. The lowest BCUT2D eigenvalue weighted by Gasteiger charge is -2.60. The van der Waals surface area contributed by atoms with Gasteiger partial charge in [-0.1, -0.05) is 41.2 Å². The highest BCUT2D eigenvalue weighted by molar-refractivity contribution is 7.80. The van der Waals surface area contributed by atoms with Gasteiger partial charge in [-0.15, -0.1) is 0 Å². The second-order valence-corrected chi connectivity index (χ2v) is 14.9. The van der Waals surface area contributed by atoms with E-state index in [0.717, 1.165) is 31.3 Å². The number of aliphatic hydroxyl groups excluding tert-OH is 3. The highest BCUT2D eigenvalue weighted by atomic mass is 32.3. The molecule has 1 aliphatic heterocycles. The van der Waals surface area contributed by atoms with E-state index in [1.807, 2.05) is 0 Å². The Hall–Kier alpha value is -0.550. The Bertz CT molecular complexity index is 1030. The van der Waals surface area contributed by atoms with Crippen LogP contribution in [0.25, 0.3) is 0 Å². The van der Waals surface area contributed by atoms with E-state index < -0.39 is 40.4 Å². The number of ether oxygens (including phenoxy) is 1. The van der Waals surface area contributed by atoms with Crippen LogP contribution in [0.5, 0.6) is 0 Å². The Morgan fingerprint density at radius 2 is 1.81 bits per heavy atom. The second kappa shape index (κ2) is 8.98. The van der Waals surface area contributed by atoms with Crippen LogP contribution in [0.15, 0.2) is 12.2 Å². The normalized spacial score (nSPS) is 50.4. The summed E-state index contributed by atoms with van der Waals surface area (Å²) < 4.78 is 43.1. The molecule has 13 atom stereocenters. The maximum atomic E-state index is 11.5. The van der Waals surface area contributed by atoms with Crippen molar-refractivity contribution in [3.8, 4) is 0 Å². The maximum Gasteiger partial charge on any atom is 0.397 e. The van der Waals surface area contributed by atoms with Crippen LogP contribution >= 0.6 is 0 Å². The Labute approximate surface area is 221 Å². The molecule has 212 valence electrons. The van der Waals surface area contributed by atoms with Crippen molar-refractivity contribution in [1.82, 2.24) is 0 Å². The van der Waals surface area contributed by atoms with E-state index in [1.165, 1.54) is 0 Å². The molecule has 0 aromatic heterocycles. The van der Waals surface area contributed by atoms with Gasteiger partial charge in [0.05, 0.1) is 18.3 Å². The third-order valence-corrected chi connectivity index (χ3v) is 12.4. The molecule has 4 saturated carbocycles. The van der Waals surface area contributed by atoms with E-state index in [0.29, 0.717) is 25.2 Å². The van der Waals surface area contributed by atoms with Crippen molar-refractivity contribution in [3.05, 3.63) is 12.2 Å². The number of rotatable bonds is 7. The van der Waals surface area contributed by atoms with Gasteiger partial charge in [0.25, 0.3) is 0 Å². The molecular formula is C28H46O8S. The zero-order valence-corrected chi connectivity index (χ0v) is 23.7. The Morgan fingerprint density at radius 1 is 1.14 bits per heavy atom. The molecule has 0 amide bonds. The van der Waals surface area contributed by atoms with Crippen molar-refractivity contribution < 1.29 is 37.2 Å². The Balaban J connectivity index is 1.37. The number of hydrogen-bond donors (Lipinski definition) is 4. The summed E-state index contributed by atoms with van der Waals surface area (Å²) >= 11 is 0. The molecule has 1 saturated heterocycles. The van der Waals surface area contributed by atoms with Crippen molar-refractivity contribution in [3.63, 3.8) is 0 Å². The van der Waals surface area contributed by atoms with Gasteiger partial charge < -0.3 is 20.1 Å². The summed E-state index contributed by atoms with van der Waals surface area (Å²) in [7, 11) is -4.68. The minimum atomic E-state index is -4.68. The lowest BCUT2D eigenvalue weighted by atomic mass is 9.43. The molecule has 0 unspecified atom stereocenters. The predicted octanol–water partition coefficient (Wildman–Crippen LogP) is 3.51. The van der Waals surface area contributed by atoms with Crippen molar-refractivity contribution in [2.24, 2.45) is 46.3 Å². The minimum Gasteiger partial charge on any atom is -0.393 e. The molecule has 0 aromatic carbocycles. The second-order valence-electron chi connectivity index (χ2n) is 13.8. The molecule has 5 rings (SSSR count). The van der Waals surface area contributed by atoms with Gasteiger partial charge in [-0.05, 0) is 91.4 Å². The van der Waals surface area contributed by atoms with Crippen molar-refractivity contribution in [2.45, 2.75) is 116 Å². The van der Waals surface area contributed by atoms with Crippen LogP contribution in [0.3, 0.4) is 0 Å². The van der Waals surface area contributed by atoms with Crippen LogP contribution in [-0.2, 0) is 19.3 Å². The molecule has 1 spiro atoms. The van der Waals surface area contributed by atoms with Crippen molar-refractivity contribution >= 4 is 10.4 Å². The summed E-state index contributed by atoms with van der Waals surface area (Å²) in [6, 6.07) is 0. The summed E-state index contributed by atoms with van der Waals surface area (Å²) in [5.41, 5.74) is -0.416. The fourth-order valence-electron chi connectivity index (χ4n) is 10.0. The fourth-order valence-corrected chi connectivity index (χ4v) is 10.5. The molecule has 4 aliphatic carbocycles. The summed E-state index contributed by atoms with van der Waals surface area (Å²) in [5.74, 6) is 1.38. The largest absolute Gasteiger partial charge is 0.397 e. The fraction of sp³-hybridized carbons (Fsp3) is 0.929. The highest BCUT2D eigenvalue weighted by Crippen LogP contribution is 2.74. The number of epoxide rings is 1. The Kier molecular flexibility index (Phi) is 6.79. The van der Waals surface area contributed by atoms with Crippen LogP contribution in [0, 0.1) is 46.3 Å². The molecule has 37 heavy (non-hydrogen) atoms. The zero-order chi connectivity index (χ0) is 27.3. The van der Waals surface area contributed by atoms with Gasteiger partial charge >= 0.3 is 10.4 Å². The Morgan fingerprint density at radius 3 is 2.43 bits per heavy atom. The lowest BCUT2D eigenvalue weighted by molar-refractivity contribution is -0.168. The standard InChI is InChI=1S/C28H46O8S/c1-14(2)16(4)20(29)11-15(3)19-13-21(30)24-17-12-23-28(35-23)25(31)22(36-37(32,33)34)8-10-27(28,6)18(17)7-9-26(19,24)5/h14-15,17-25,29-31H,4,7-13H2,1-3,5-6H3,(H,32,33,34)/t15-,17-,18+,19-,20-,21-,22+,23-,24-,25+,26-,27-,28+/m1/s1. The monoisotopic (exact) mass is 542 g/mol. The summed E-state index contributed by atoms with van der Waals surface area (Å²) in [4.78, 5) is 0. The van der Waals surface area contributed by atoms with Crippen LogP contribution in [0.2, 0.25) is 0 Å². The first-order valence-electron chi connectivity index (χ1n) is 14.1. The van der Waals surface area contributed by atoms with Gasteiger partial charge in [0.1, 0.15) is 17.8 Å². The maximum absolute atomic E-state index is 11.5. The van der Waals surface area contributed by atoms with E-state index in [1.54, 1.807) is 0 Å². The first kappa shape index (κ1) is 28.0. The van der Waals surface area contributed by atoms with Crippen LogP contribution < -0.4 is 0 Å². The summed E-state index contributed by atoms with van der Waals surface area (Å²) in [6.45, 7) is 14.9. The van der Waals surface area contributed by atoms with E-state index >= 15 is 0 Å². The van der Waals surface area contributed by atoms with Crippen molar-refractivity contribution in [2.75, 3.05) is 0 Å². The van der Waals surface area contributed by atoms with Crippen LogP contribution in [0.1, 0.15) is 79.6 Å². The van der Waals surface area contributed by atoms with Crippen LogP contribution in [-0.4, -0.2) is 64.4 Å². The molecule has 0 bridgehead atoms. The van der Waals surface area contributed by atoms with E-state index in [2.05, 4.69) is 41.2 Å². The van der Waals surface area contributed by atoms with Gasteiger partial charge in [-0.25, -0.2) is 4.18 Å². The number of hydrogen-bond acceptors (Lipinski definition) is 7. The van der Waals surface area contributed by atoms with Gasteiger partial charge in [-0.3, -0.25) is 4.55 Å². The third kappa shape index (κ3) is 4.09. The SMILES string of the molecule is C=C(C(C)C)[C@H](O)C[C@@H](C)[C@H]1C[C@@H](O)[C@H]2[C@@H]3C[C@H]4O[C@]45[C@@H](O)[C@@H](OS(=O)(=O)O)CC[C@]5(C)[C@H]3CC[C@@]21C. The molecule has 0 aromatic rings. The number of aliphatic hydroxyl groups is 3.